The van der Waals surface area contributed by atoms with E-state index in [0.717, 1.165) is 16.1 Å². The molecule has 168 valence electrons. The first-order chi connectivity index (χ1) is 15.4. The highest BCUT2D eigenvalue weighted by Gasteiger charge is 2.35. The van der Waals surface area contributed by atoms with Gasteiger partial charge in [0.25, 0.3) is 0 Å². The van der Waals surface area contributed by atoms with Gasteiger partial charge in [-0.3, -0.25) is 14.4 Å². The third kappa shape index (κ3) is 4.53. The highest BCUT2D eigenvalue weighted by atomic mass is 32.2. The normalized spacial score (nSPS) is 16.7. The van der Waals surface area contributed by atoms with Crippen molar-refractivity contribution in [2.45, 2.75) is 30.6 Å². The van der Waals surface area contributed by atoms with E-state index in [9.17, 15) is 14.4 Å². The zero-order valence-corrected chi connectivity index (χ0v) is 19.4. The summed E-state index contributed by atoms with van der Waals surface area (Å²) in [5, 5.41) is 0. The fourth-order valence-electron chi connectivity index (χ4n) is 4.30. The zero-order valence-electron chi connectivity index (χ0n) is 18.6. The monoisotopic (exact) mass is 451 g/mol. The maximum absolute atomic E-state index is 13.2. The topological polar surface area (TPSA) is 60.9 Å². The average molecular weight is 452 g/mol. The van der Waals surface area contributed by atoms with Crippen LogP contribution in [0, 0.1) is 0 Å². The molecule has 2 heterocycles. The third-order valence-corrected chi connectivity index (χ3v) is 7.35. The van der Waals surface area contributed by atoms with Gasteiger partial charge in [-0.2, -0.15) is 0 Å². The van der Waals surface area contributed by atoms with Crippen LogP contribution < -0.4 is 4.90 Å². The first-order valence-corrected chi connectivity index (χ1v) is 12.0. The van der Waals surface area contributed by atoms with Gasteiger partial charge in [-0.1, -0.05) is 42.5 Å². The van der Waals surface area contributed by atoms with Crippen molar-refractivity contribution in [3.63, 3.8) is 0 Å². The molecule has 2 aromatic carbocycles. The largest absolute Gasteiger partial charge is 0.339 e. The van der Waals surface area contributed by atoms with Crippen molar-refractivity contribution < 1.29 is 14.4 Å². The number of thioether (sulfide) groups is 1. The molecule has 2 aromatic rings. The highest BCUT2D eigenvalue weighted by Crippen LogP contribution is 2.35. The van der Waals surface area contributed by atoms with Crippen molar-refractivity contribution in [1.82, 2.24) is 9.80 Å². The molecule has 1 fully saturated rings. The second-order valence-electron chi connectivity index (χ2n) is 8.72. The van der Waals surface area contributed by atoms with Crippen LogP contribution in [-0.2, 0) is 19.8 Å². The molecule has 1 saturated heterocycles. The molecule has 6 nitrogen and oxygen atoms in total. The summed E-state index contributed by atoms with van der Waals surface area (Å²) in [5.74, 6) is 0.565. The molecule has 0 N–H and O–H groups in total. The number of hydrogen-bond acceptors (Lipinski definition) is 4. The SMILES string of the molecule is CC(C)(C(=O)N1CCN(C(=O)CCN2C(=O)CSc3ccccc32)CC1)c1ccccc1. The Morgan fingerprint density at radius 1 is 0.906 bits per heavy atom. The number of carbonyl (C=O) groups is 3. The molecular weight excluding hydrogens is 422 g/mol. The Kier molecular flexibility index (Phi) is 6.55. The van der Waals surface area contributed by atoms with Gasteiger partial charge in [-0.15, -0.1) is 11.8 Å². The van der Waals surface area contributed by atoms with Crippen molar-refractivity contribution in [2.24, 2.45) is 0 Å². The van der Waals surface area contributed by atoms with Crippen LogP contribution in [-0.4, -0.2) is 66.0 Å². The van der Waals surface area contributed by atoms with E-state index in [-0.39, 0.29) is 24.1 Å². The molecule has 0 spiro atoms. The molecule has 7 heteroatoms. The van der Waals surface area contributed by atoms with Crippen molar-refractivity contribution >= 4 is 35.2 Å². The zero-order chi connectivity index (χ0) is 22.7. The van der Waals surface area contributed by atoms with Gasteiger partial charge >= 0.3 is 0 Å². The number of rotatable bonds is 5. The Bertz CT molecular complexity index is 1000. The lowest BCUT2D eigenvalue weighted by Gasteiger charge is -2.39. The first-order valence-electron chi connectivity index (χ1n) is 11.0. The summed E-state index contributed by atoms with van der Waals surface area (Å²) in [5.41, 5.74) is 1.28. The number of hydrogen-bond donors (Lipinski definition) is 0. The predicted octanol–water partition coefficient (Wildman–Crippen LogP) is 3.16. The van der Waals surface area contributed by atoms with Gasteiger partial charge in [0, 0.05) is 44.0 Å². The van der Waals surface area contributed by atoms with Crippen LogP contribution in [0.4, 0.5) is 5.69 Å². The molecular formula is C25H29N3O3S. The van der Waals surface area contributed by atoms with Gasteiger partial charge < -0.3 is 14.7 Å². The standard InChI is InChI=1S/C25H29N3O3S/c1-25(2,19-8-4-3-5-9-19)24(31)27-16-14-26(15-17-27)22(29)12-13-28-20-10-6-7-11-21(20)32-18-23(28)30/h3-11H,12-18H2,1-2H3. The number of amides is 3. The lowest BCUT2D eigenvalue weighted by molar-refractivity contribution is -0.142. The second kappa shape index (κ2) is 9.36. The summed E-state index contributed by atoms with van der Waals surface area (Å²) < 4.78 is 0. The molecule has 0 saturated carbocycles. The van der Waals surface area contributed by atoms with Crippen LogP contribution in [0.1, 0.15) is 25.8 Å². The molecule has 3 amide bonds. The predicted molar refractivity (Wildman–Crippen MR) is 127 cm³/mol. The highest BCUT2D eigenvalue weighted by molar-refractivity contribution is 8.00. The molecule has 0 aliphatic carbocycles. The summed E-state index contributed by atoms with van der Waals surface area (Å²) >= 11 is 1.54. The number of anilines is 1. The minimum atomic E-state index is -0.604. The number of para-hydroxylation sites is 1. The average Bonchev–Trinajstić information content (AvgIpc) is 2.83. The van der Waals surface area contributed by atoms with E-state index in [1.54, 1.807) is 16.7 Å². The maximum Gasteiger partial charge on any atom is 0.237 e. The molecule has 0 unspecified atom stereocenters. The fourth-order valence-corrected chi connectivity index (χ4v) is 5.23. The van der Waals surface area contributed by atoms with Crippen LogP contribution >= 0.6 is 11.8 Å². The van der Waals surface area contributed by atoms with Crippen molar-refractivity contribution in [3.8, 4) is 0 Å². The quantitative estimate of drug-likeness (QED) is 0.701. The van der Waals surface area contributed by atoms with E-state index in [1.807, 2.05) is 78.2 Å². The summed E-state index contributed by atoms with van der Waals surface area (Å²) in [6, 6.07) is 17.6. The number of fused-ring (bicyclic) bond motifs is 1. The minimum absolute atomic E-state index is 0.0305. The summed E-state index contributed by atoms with van der Waals surface area (Å²) in [7, 11) is 0. The van der Waals surface area contributed by atoms with E-state index in [0.29, 0.717) is 38.5 Å². The van der Waals surface area contributed by atoms with Crippen molar-refractivity contribution in [3.05, 3.63) is 60.2 Å². The van der Waals surface area contributed by atoms with Crippen LogP contribution in [0.2, 0.25) is 0 Å². The minimum Gasteiger partial charge on any atom is -0.339 e. The van der Waals surface area contributed by atoms with Crippen LogP contribution in [0.15, 0.2) is 59.5 Å². The van der Waals surface area contributed by atoms with Crippen molar-refractivity contribution in [1.29, 1.82) is 0 Å². The van der Waals surface area contributed by atoms with Gasteiger partial charge in [-0.05, 0) is 31.5 Å². The van der Waals surface area contributed by atoms with E-state index < -0.39 is 5.41 Å². The summed E-state index contributed by atoms with van der Waals surface area (Å²) in [4.78, 5) is 44.9. The van der Waals surface area contributed by atoms with Gasteiger partial charge in [0.2, 0.25) is 17.7 Å². The van der Waals surface area contributed by atoms with Gasteiger partial charge in [0.05, 0.1) is 16.9 Å². The van der Waals surface area contributed by atoms with Crippen molar-refractivity contribution in [2.75, 3.05) is 43.4 Å². The summed E-state index contributed by atoms with van der Waals surface area (Å²) in [6.07, 6.45) is 0.286. The van der Waals surface area contributed by atoms with E-state index in [4.69, 9.17) is 0 Å². The van der Waals surface area contributed by atoms with Crippen LogP contribution in [0.5, 0.6) is 0 Å². The van der Waals surface area contributed by atoms with Gasteiger partial charge in [0.15, 0.2) is 0 Å². The first kappa shape index (κ1) is 22.4. The Morgan fingerprint density at radius 2 is 1.53 bits per heavy atom. The Balaban J connectivity index is 1.31. The Labute approximate surface area is 193 Å². The Hall–Kier alpha value is -2.80. The number of benzene rings is 2. The van der Waals surface area contributed by atoms with Crippen LogP contribution in [0.25, 0.3) is 0 Å². The van der Waals surface area contributed by atoms with E-state index in [1.165, 1.54) is 0 Å². The molecule has 2 aliphatic rings. The lowest BCUT2D eigenvalue weighted by Crippen LogP contribution is -2.54. The molecule has 4 rings (SSSR count). The van der Waals surface area contributed by atoms with Crippen LogP contribution in [0.3, 0.4) is 0 Å². The molecule has 0 aromatic heterocycles. The Morgan fingerprint density at radius 3 is 2.25 bits per heavy atom. The number of piperazine rings is 1. The molecule has 32 heavy (non-hydrogen) atoms. The van der Waals surface area contributed by atoms with E-state index >= 15 is 0 Å². The third-order valence-electron chi connectivity index (χ3n) is 6.31. The lowest BCUT2D eigenvalue weighted by atomic mass is 9.83. The number of nitrogens with zero attached hydrogens (tertiary/aromatic N) is 3. The molecule has 0 bridgehead atoms. The fraction of sp³-hybridized carbons (Fsp3) is 0.400. The van der Waals surface area contributed by atoms with Gasteiger partial charge in [-0.25, -0.2) is 0 Å². The second-order valence-corrected chi connectivity index (χ2v) is 9.73. The number of carbonyl (C=O) groups excluding carboxylic acids is 3. The maximum atomic E-state index is 13.2. The van der Waals surface area contributed by atoms with Gasteiger partial charge in [0.1, 0.15) is 0 Å². The van der Waals surface area contributed by atoms with E-state index in [2.05, 4.69) is 0 Å². The molecule has 0 atom stereocenters. The molecule has 0 radical (unpaired) electrons. The molecule has 2 aliphatic heterocycles. The smallest absolute Gasteiger partial charge is 0.237 e. The summed E-state index contributed by atoms with van der Waals surface area (Å²) in [6.45, 7) is 6.40.